The number of esters is 1. The van der Waals surface area contributed by atoms with Gasteiger partial charge < -0.3 is 95.6 Å². The maximum Gasteiger partial charge on any atom is 0.425 e. The minimum absolute atomic E-state index is 0.0405. The lowest BCUT2D eigenvalue weighted by molar-refractivity contribution is -0.144. The molecule has 4 saturated heterocycles. The average molecular weight is 2000 g/mol. The van der Waals surface area contributed by atoms with E-state index in [0.29, 0.717) is 121 Å². The number of aromatic nitrogens is 9. The number of aromatic amines is 1. The number of nitrogen functional groups attached to an aromatic ring is 2. The number of nitrogens with one attached hydrogen (secondary N) is 4. The van der Waals surface area contributed by atoms with Gasteiger partial charge in [0.15, 0.2) is 23.3 Å². The quantitative estimate of drug-likeness (QED) is 0.0155. The molecule has 37 nitrogen and oxygen atoms in total. The van der Waals surface area contributed by atoms with Crippen LogP contribution in [0.3, 0.4) is 0 Å². The SMILES string of the molecule is CC1(N)CCN(c2cnc(Sc3ccncc3Cl)c(N)n2)CC1.CC1(NC(=O)OC(C)(C)C)CCN(c2c[nH]c(=S)c(N(C(=O)OC(C)(C)C)C(=O)OC(C)(C)C)n2)CC1.CC1(NC(=O)OC(C)(C)C)CCN(c2cnc(Br)c(N(C(=O)OC(C)(C)C)C(=O)OC(C)(C)C)n2)CC1.CCCCC(CC)COC(=O)CCSc1ncc(N2CCC(C)(NC(=O)OC(C)(C)C)CC2)nc1N. The van der Waals surface area contributed by atoms with Crippen molar-refractivity contribution < 1.29 is 76.3 Å². The molecule has 0 radical (unpaired) electrons. The molecule has 133 heavy (non-hydrogen) atoms. The van der Waals surface area contributed by atoms with Gasteiger partial charge in [0.2, 0.25) is 0 Å². The van der Waals surface area contributed by atoms with E-state index in [0.717, 1.165) is 91.6 Å². The number of alkyl carbamates (subject to hydrolysis) is 3. The van der Waals surface area contributed by atoms with Crippen molar-refractivity contribution in [1.29, 1.82) is 0 Å². The molecular weight excluding hydrogens is 1850 g/mol. The third-order valence-electron chi connectivity index (χ3n) is 20.4. The van der Waals surface area contributed by atoms with E-state index in [-0.39, 0.29) is 37.9 Å². The Balaban J connectivity index is 0.000000276. The van der Waals surface area contributed by atoms with Gasteiger partial charge in [0.1, 0.15) is 81.8 Å². The van der Waals surface area contributed by atoms with Gasteiger partial charge in [0.25, 0.3) is 0 Å². The Hall–Kier alpha value is -9.32. The molecule has 9 heterocycles. The first-order chi connectivity index (χ1) is 61.2. The van der Waals surface area contributed by atoms with Crippen LogP contribution >= 0.6 is 63.3 Å². The lowest BCUT2D eigenvalue weighted by Crippen LogP contribution is -2.54. The van der Waals surface area contributed by atoms with Gasteiger partial charge in [-0.1, -0.05) is 68.7 Å². The first-order valence-electron chi connectivity index (χ1n) is 45.0. The van der Waals surface area contributed by atoms with Crippen LogP contribution in [0.5, 0.6) is 0 Å². The Morgan fingerprint density at radius 1 is 0.519 bits per heavy atom. The molecule has 4 aliphatic heterocycles. The molecule has 4 aliphatic rings. The van der Waals surface area contributed by atoms with Gasteiger partial charge in [-0.25, -0.2) is 68.4 Å². The summed E-state index contributed by atoms with van der Waals surface area (Å²) in [6.07, 6.45) is 15.5. The maximum absolute atomic E-state index is 13.1. The number of unbranched alkanes of at least 4 members (excludes halogenated alkanes) is 1. The van der Waals surface area contributed by atoms with E-state index in [4.69, 9.17) is 78.9 Å². The van der Waals surface area contributed by atoms with Gasteiger partial charge in [-0.3, -0.25) is 9.78 Å². The number of nitrogens with two attached hydrogens (primary N) is 3. The Labute approximate surface area is 811 Å². The molecule has 0 bridgehead atoms. The van der Waals surface area contributed by atoms with E-state index in [1.54, 1.807) is 120 Å². The van der Waals surface area contributed by atoms with E-state index in [1.165, 1.54) is 29.9 Å². The zero-order chi connectivity index (χ0) is 100. The fourth-order valence-corrected chi connectivity index (χ4v) is 15.6. The zero-order valence-corrected chi connectivity index (χ0v) is 87.7. The second kappa shape index (κ2) is 47.4. The largest absolute Gasteiger partial charge is 0.465 e. The highest BCUT2D eigenvalue weighted by Crippen LogP contribution is 2.38. The second-order valence-electron chi connectivity index (χ2n) is 41.5. The Kier molecular flexibility index (Phi) is 40.1. The number of piperidine rings is 4. The minimum atomic E-state index is -0.946. The molecule has 0 aliphatic carbocycles. The van der Waals surface area contributed by atoms with Crippen molar-refractivity contribution >= 4 is 158 Å². The summed E-state index contributed by atoms with van der Waals surface area (Å²) in [5.74, 6) is 3.90. The number of hydrogen-bond donors (Lipinski definition) is 7. The van der Waals surface area contributed by atoms with Crippen LogP contribution in [-0.2, 0) is 42.7 Å². The number of ether oxygens (including phenoxy) is 8. The molecule has 9 rings (SSSR count). The van der Waals surface area contributed by atoms with Gasteiger partial charge in [0.05, 0.1) is 36.6 Å². The lowest BCUT2D eigenvalue weighted by atomic mass is 9.90. The number of anilines is 8. The third kappa shape index (κ3) is 39.5. The summed E-state index contributed by atoms with van der Waals surface area (Å²) in [6.45, 7) is 55.1. The van der Waals surface area contributed by atoms with Gasteiger partial charge in [-0.2, -0.15) is 9.80 Å². The highest BCUT2D eigenvalue weighted by Gasteiger charge is 2.42. The number of rotatable bonds is 21. The van der Waals surface area contributed by atoms with E-state index in [1.807, 2.05) is 99.0 Å². The fraction of sp³-hybridized carbons (Fsp3) is 0.681. The van der Waals surface area contributed by atoms with E-state index >= 15 is 0 Å². The van der Waals surface area contributed by atoms with Crippen molar-refractivity contribution in [3.8, 4) is 0 Å². The Morgan fingerprint density at radius 3 is 1.24 bits per heavy atom. The zero-order valence-electron chi connectivity index (χ0n) is 82.9. The summed E-state index contributed by atoms with van der Waals surface area (Å²) in [5.41, 5.74) is 11.9. The number of halogens is 2. The van der Waals surface area contributed by atoms with Crippen molar-refractivity contribution in [3.05, 3.63) is 57.5 Å². The van der Waals surface area contributed by atoms with Crippen LogP contribution in [0.4, 0.5) is 80.1 Å². The molecule has 42 heteroatoms. The van der Waals surface area contributed by atoms with Crippen molar-refractivity contribution in [2.75, 3.05) is 106 Å². The van der Waals surface area contributed by atoms with Crippen LogP contribution < -0.4 is 62.6 Å². The topological polar surface area (TPSA) is 463 Å². The van der Waals surface area contributed by atoms with Crippen LogP contribution in [0.2, 0.25) is 5.02 Å². The molecule has 4 fully saturated rings. The third-order valence-corrected chi connectivity index (χ3v) is 23.8. The molecule has 0 spiro atoms. The van der Waals surface area contributed by atoms with Crippen LogP contribution in [0.15, 0.2) is 62.8 Å². The van der Waals surface area contributed by atoms with Crippen LogP contribution in [0, 0.1) is 10.6 Å². The Bertz CT molecular complexity index is 4750. The number of pyridine rings is 1. The maximum atomic E-state index is 13.1. The van der Waals surface area contributed by atoms with Gasteiger partial charge in [-0.15, -0.1) is 11.8 Å². The van der Waals surface area contributed by atoms with Crippen molar-refractivity contribution in [2.24, 2.45) is 11.7 Å². The first kappa shape index (κ1) is 112. The number of imide groups is 2. The predicted molar refractivity (Wildman–Crippen MR) is 527 cm³/mol. The highest BCUT2D eigenvalue weighted by atomic mass is 79.9. The molecule has 742 valence electrons. The normalized spacial score (nSPS) is 16.3. The molecular formula is C91H145BrClN21O16S3. The second-order valence-corrected chi connectivity index (χ2v) is 45.1. The molecule has 1 atom stereocenters. The monoisotopic (exact) mass is 2000 g/mol. The van der Waals surface area contributed by atoms with Crippen molar-refractivity contribution in [3.63, 3.8) is 0 Å². The number of thioether (sulfide) groups is 1. The summed E-state index contributed by atoms with van der Waals surface area (Å²) in [4.78, 5) is 150. The summed E-state index contributed by atoms with van der Waals surface area (Å²) in [7, 11) is 0. The number of carbonyl (C=O) groups excluding carboxylic acids is 8. The molecule has 7 amide bonds. The van der Waals surface area contributed by atoms with Crippen LogP contribution in [0.1, 0.15) is 270 Å². The van der Waals surface area contributed by atoms with E-state index < -0.39 is 92.9 Å². The summed E-state index contributed by atoms with van der Waals surface area (Å²) in [5, 5.41) is 10.8. The number of H-pyrrole nitrogens is 1. The van der Waals surface area contributed by atoms with Gasteiger partial charge in [0, 0.05) is 104 Å². The van der Waals surface area contributed by atoms with Gasteiger partial charge in [-0.05, 0) is 259 Å². The van der Waals surface area contributed by atoms with Crippen LogP contribution in [-0.4, -0.2) is 220 Å². The molecule has 1 unspecified atom stereocenters. The average Bonchev–Trinajstić information content (AvgIpc) is 0.767. The number of amides is 7. The van der Waals surface area contributed by atoms with Crippen LogP contribution in [0.25, 0.3) is 0 Å². The molecule has 5 aromatic heterocycles. The highest BCUT2D eigenvalue weighted by molar-refractivity contribution is 9.10. The molecule has 5 aromatic rings. The minimum Gasteiger partial charge on any atom is -0.465 e. The number of carbonyl (C=O) groups is 8. The summed E-state index contributed by atoms with van der Waals surface area (Å²) in [6, 6.07) is 1.83. The number of hydrogen-bond acceptors (Lipinski definition) is 34. The molecule has 0 saturated carbocycles. The first-order valence-corrected chi connectivity index (χ1v) is 48.4. The lowest BCUT2D eigenvalue weighted by Gasteiger charge is -2.40. The molecule has 10 N–H and O–H groups in total. The van der Waals surface area contributed by atoms with E-state index in [9.17, 15) is 38.4 Å². The van der Waals surface area contributed by atoms with Gasteiger partial charge >= 0.3 is 48.6 Å². The van der Waals surface area contributed by atoms with Crippen molar-refractivity contribution in [1.82, 2.24) is 60.8 Å². The van der Waals surface area contributed by atoms with Crippen molar-refractivity contribution in [2.45, 2.75) is 347 Å². The predicted octanol–water partition coefficient (Wildman–Crippen LogP) is 19.3. The summed E-state index contributed by atoms with van der Waals surface area (Å²) >= 11 is 17.6. The summed E-state index contributed by atoms with van der Waals surface area (Å²) < 4.78 is 43.7. The smallest absolute Gasteiger partial charge is 0.425 e. The Morgan fingerprint density at radius 2 is 0.872 bits per heavy atom. The fourth-order valence-electron chi connectivity index (χ4n) is 13.3. The molecule has 0 aromatic carbocycles. The van der Waals surface area contributed by atoms with E-state index in [2.05, 4.69) is 107 Å². The number of nitrogens with zero attached hydrogens (tertiary/aromatic N) is 14. The standard InChI is InChI=1S/C26H45N5O4S.C25H40BrN5O6.C25H41N5O6S.C15H19ClN6S/c1-7-9-10-19(8-2)18-34-21(32)11-16-36-23-22(27)29-20(17-28-23)31-14-12-26(6,13-15-31)30-24(33)35-25(3,4)5;1-22(2,3)35-19(32)29-25(10)11-13-30(14-12-25)16-15-27-17(26)18(28-16)31(20(33)36-23(4,5)6)21(34)37-24(7,8)9;1-22(2,3)34-19(31)28-25(10)11-13-29(14-12-25)16-15-26-18(37)17(27-16)30(20(32)35-23(4,5)6)21(33)36-24(7,8)9;1-15(18)3-6-22(7-4-15)12-9-20-14(13(17)21-12)23-11-2-5-19-8-10(11)16/h17,19H,7-16,18H2,1-6H3,(H2,27,29)(H,30,33);15H,11-14H2,1-10H3,(H,29,32);15H,11-14H2,1-10H3,(H,26,37)(H,28,31);2,5,8-9H,3-4,6-7,18H2,1H3,(H2,17,21).